The topological polar surface area (TPSA) is 9.23 Å². The Morgan fingerprint density at radius 3 is 1.97 bits per heavy atom. The molecule has 1 nitrogen and oxygen atoms in total. The van der Waals surface area contributed by atoms with Crippen molar-refractivity contribution in [2.75, 3.05) is 7.11 Å². The molecule has 188 valence electrons. The van der Waals surface area contributed by atoms with Gasteiger partial charge in [-0.2, -0.15) is 0 Å². The highest BCUT2D eigenvalue weighted by Gasteiger charge is 2.27. The van der Waals surface area contributed by atoms with Gasteiger partial charge in [0.05, 0.1) is 7.11 Å². The Bertz CT molecular complexity index is 668. The average Bonchev–Trinajstić information content (AvgIpc) is 2.84. The molecule has 0 heterocycles. The van der Waals surface area contributed by atoms with E-state index in [0.717, 1.165) is 48.1 Å². The van der Waals surface area contributed by atoms with Gasteiger partial charge in [-0.25, -0.2) is 4.39 Å². The summed E-state index contributed by atoms with van der Waals surface area (Å²) in [5.41, 5.74) is 1.99. The molecule has 2 aliphatic carbocycles. The van der Waals surface area contributed by atoms with E-state index in [9.17, 15) is 0 Å². The minimum Gasteiger partial charge on any atom is -0.493 e. The lowest BCUT2D eigenvalue weighted by atomic mass is 9.76. The number of hydrogen-bond donors (Lipinski definition) is 0. The number of halogens is 1. The minimum absolute atomic E-state index is 0.0688. The van der Waals surface area contributed by atoms with Crippen LogP contribution in [0, 0.1) is 23.6 Å². The van der Waals surface area contributed by atoms with Crippen molar-refractivity contribution in [3.63, 3.8) is 0 Å². The van der Waals surface area contributed by atoms with Gasteiger partial charge in [0.2, 0.25) is 0 Å². The summed E-state index contributed by atoms with van der Waals surface area (Å²) in [4.78, 5) is 0. The normalized spacial score (nSPS) is 25.8. The van der Waals surface area contributed by atoms with Gasteiger partial charge in [0.1, 0.15) is 0 Å². The second kappa shape index (κ2) is 14.4. The van der Waals surface area contributed by atoms with E-state index in [-0.39, 0.29) is 5.82 Å². The molecule has 0 atom stereocenters. The molecule has 0 unspecified atom stereocenters. The Kier molecular flexibility index (Phi) is 11.6. The van der Waals surface area contributed by atoms with Gasteiger partial charge in [0.25, 0.3) is 0 Å². The number of ether oxygens (including phenoxy) is 1. The molecule has 33 heavy (non-hydrogen) atoms. The van der Waals surface area contributed by atoms with Gasteiger partial charge in [-0.1, -0.05) is 103 Å². The standard InChI is InChI=1S/C31H51FO/c1-4-6-7-8-9-11-25-12-14-26(15-13-25)18-21-28-22-23-29(30(32)31(28)33-3)27-19-16-24(10-5-2)17-20-27/h22-27H,4-21H2,1-3H3. The van der Waals surface area contributed by atoms with Crippen molar-refractivity contribution in [2.45, 2.75) is 135 Å². The zero-order valence-corrected chi connectivity index (χ0v) is 22.0. The second-order valence-corrected chi connectivity index (χ2v) is 11.3. The van der Waals surface area contributed by atoms with E-state index in [4.69, 9.17) is 4.74 Å². The molecule has 2 fully saturated rings. The average molecular weight is 459 g/mol. The van der Waals surface area contributed by atoms with Gasteiger partial charge < -0.3 is 4.74 Å². The van der Waals surface area contributed by atoms with E-state index >= 15 is 4.39 Å². The van der Waals surface area contributed by atoms with Crippen LogP contribution in [0.5, 0.6) is 5.75 Å². The van der Waals surface area contributed by atoms with Crippen molar-refractivity contribution >= 4 is 0 Å². The molecule has 0 bridgehead atoms. The fourth-order valence-corrected chi connectivity index (χ4v) is 6.72. The lowest BCUT2D eigenvalue weighted by Gasteiger charge is -2.30. The van der Waals surface area contributed by atoms with E-state index in [1.807, 2.05) is 0 Å². The van der Waals surface area contributed by atoms with Gasteiger partial charge in [-0.05, 0) is 73.3 Å². The van der Waals surface area contributed by atoms with Gasteiger partial charge in [0.15, 0.2) is 11.6 Å². The number of benzene rings is 1. The maximum absolute atomic E-state index is 15.5. The molecule has 0 amide bonds. The van der Waals surface area contributed by atoms with E-state index in [1.165, 1.54) is 96.3 Å². The summed E-state index contributed by atoms with van der Waals surface area (Å²) in [5.74, 6) is 3.46. The molecule has 0 saturated heterocycles. The van der Waals surface area contributed by atoms with Crippen molar-refractivity contribution in [1.82, 2.24) is 0 Å². The summed E-state index contributed by atoms with van der Waals surface area (Å²) in [6.45, 7) is 4.56. The Morgan fingerprint density at radius 2 is 1.33 bits per heavy atom. The summed E-state index contributed by atoms with van der Waals surface area (Å²) in [6.07, 6.45) is 23.5. The van der Waals surface area contributed by atoms with Crippen molar-refractivity contribution in [1.29, 1.82) is 0 Å². The van der Waals surface area contributed by atoms with E-state index in [2.05, 4.69) is 26.0 Å². The highest BCUT2D eigenvalue weighted by Crippen LogP contribution is 2.41. The van der Waals surface area contributed by atoms with Crippen LogP contribution in [0.3, 0.4) is 0 Å². The fourth-order valence-electron chi connectivity index (χ4n) is 6.72. The summed E-state index contributed by atoms with van der Waals surface area (Å²) in [5, 5.41) is 0. The third-order valence-electron chi connectivity index (χ3n) is 8.90. The molecule has 0 spiro atoms. The van der Waals surface area contributed by atoms with Crippen LogP contribution in [0.4, 0.5) is 4.39 Å². The molecular weight excluding hydrogens is 407 g/mol. The Morgan fingerprint density at radius 1 is 0.727 bits per heavy atom. The van der Waals surface area contributed by atoms with Gasteiger partial charge in [0, 0.05) is 0 Å². The number of unbranched alkanes of at least 4 members (excludes halogenated alkanes) is 4. The molecular formula is C31H51FO. The van der Waals surface area contributed by atoms with Crippen molar-refractivity contribution in [2.24, 2.45) is 17.8 Å². The first kappa shape index (κ1) is 26.6. The number of methoxy groups -OCH3 is 1. The van der Waals surface area contributed by atoms with Gasteiger partial charge in [-0.15, -0.1) is 0 Å². The predicted octanol–water partition coefficient (Wildman–Crippen LogP) is 10.0. The molecule has 0 radical (unpaired) electrons. The van der Waals surface area contributed by atoms with E-state index in [0.29, 0.717) is 11.7 Å². The number of hydrogen-bond acceptors (Lipinski definition) is 1. The molecule has 2 saturated carbocycles. The maximum Gasteiger partial charge on any atom is 0.168 e. The van der Waals surface area contributed by atoms with E-state index < -0.39 is 0 Å². The molecule has 0 aromatic heterocycles. The van der Waals surface area contributed by atoms with Crippen LogP contribution in [0.25, 0.3) is 0 Å². The molecule has 1 aromatic carbocycles. The van der Waals surface area contributed by atoms with Crippen LogP contribution in [0.15, 0.2) is 12.1 Å². The Hall–Kier alpha value is -1.05. The predicted molar refractivity (Wildman–Crippen MR) is 140 cm³/mol. The first-order valence-electron chi connectivity index (χ1n) is 14.5. The molecule has 2 aliphatic rings. The SMILES string of the molecule is CCCCCCCC1CCC(CCc2ccc(C3CCC(CCC)CC3)c(F)c2OC)CC1. The zero-order chi connectivity index (χ0) is 23.5. The van der Waals surface area contributed by atoms with E-state index in [1.54, 1.807) is 7.11 Å². The number of rotatable bonds is 13. The van der Waals surface area contributed by atoms with Crippen LogP contribution in [0.1, 0.15) is 140 Å². The Balaban J connectivity index is 1.45. The molecule has 0 N–H and O–H groups in total. The van der Waals surface area contributed by atoms with Crippen molar-refractivity contribution < 1.29 is 9.13 Å². The second-order valence-electron chi connectivity index (χ2n) is 11.3. The molecule has 3 rings (SSSR count). The molecule has 2 heteroatoms. The van der Waals surface area contributed by atoms with Crippen molar-refractivity contribution in [3.8, 4) is 5.75 Å². The first-order chi connectivity index (χ1) is 16.2. The largest absolute Gasteiger partial charge is 0.493 e. The lowest BCUT2D eigenvalue weighted by Crippen LogP contribution is -2.16. The monoisotopic (exact) mass is 458 g/mol. The third-order valence-corrected chi connectivity index (χ3v) is 8.90. The summed E-state index contributed by atoms with van der Waals surface area (Å²) < 4.78 is 21.1. The van der Waals surface area contributed by atoms with Gasteiger partial charge >= 0.3 is 0 Å². The van der Waals surface area contributed by atoms with Crippen molar-refractivity contribution in [3.05, 3.63) is 29.1 Å². The fraction of sp³-hybridized carbons (Fsp3) is 0.806. The first-order valence-corrected chi connectivity index (χ1v) is 14.5. The maximum atomic E-state index is 15.5. The number of aryl methyl sites for hydroxylation is 1. The lowest BCUT2D eigenvalue weighted by molar-refractivity contribution is 0.248. The van der Waals surface area contributed by atoms with Crippen LogP contribution < -0.4 is 4.74 Å². The quantitative estimate of drug-likeness (QED) is 0.267. The smallest absolute Gasteiger partial charge is 0.168 e. The highest BCUT2D eigenvalue weighted by atomic mass is 19.1. The zero-order valence-electron chi connectivity index (χ0n) is 22.0. The van der Waals surface area contributed by atoms with Crippen LogP contribution in [-0.4, -0.2) is 7.11 Å². The molecule has 0 aliphatic heterocycles. The minimum atomic E-state index is -0.0688. The van der Waals surface area contributed by atoms with Crippen LogP contribution >= 0.6 is 0 Å². The summed E-state index contributed by atoms with van der Waals surface area (Å²) in [6, 6.07) is 4.27. The summed E-state index contributed by atoms with van der Waals surface area (Å²) >= 11 is 0. The third kappa shape index (κ3) is 8.00. The molecule has 1 aromatic rings. The summed E-state index contributed by atoms with van der Waals surface area (Å²) in [7, 11) is 1.65. The van der Waals surface area contributed by atoms with Gasteiger partial charge in [-0.3, -0.25) is 0 Å². The van der Waals surface area contributed by atoms with Crippen LogP contribution in [0.2, 0.25) is 0 Å². The van der Waals surface area contributed by atoms with Crippen LogP contribution in [-0.2, 0) is 6.42 Å². The highest BCUT2D eigenvalue weighted by molar-refractivity contribution is 5.41. The Labute approximate surface area is 204 Å².